The molecule has 4 heteroatoms. The second-order valence-electron chi connectivity index (χ2n) is 3.91. The average molecular weight is 242 g/mol. The van der Waals surface area contributed by atoms with Gasteiger partial charge in [-0.05, 0) is 29.8 Å². The first-order valence-electron chi connectivity index (χ1n) is 5.58. The summed E-state index contributed by atoms with van der Waals surface area (Å²) >= 11 is 0. The minimum absolute atomic E-state index is 0.117. The van der Waals surface area contributed by atoms with E-state index in [9.17, 15) is 9.90 Å². The second-order valence-corrected chi connectivity index (χ2v) is 3.91. The van der Waals surface area contributed by atoms with Crippen molar-refractivity contribution < 1.29 is 9.90 Å². The quantitative estimate of drug-likeness (QED) is 0.771. The van der Waals surface area contributed by atoms with Gasteiger partial charge in [-0.1, -0.05) is 18.2 Å². The van der Waals surface area contributed by atoms with Crippen LogP contribution in [-0.2, 0) is 6.54 Å². The lowest BCUT2D eigenvalue weighted by Gasteiger charge is -2.06. The van der Waals surface area contributed by atoms with E-state index in [2.05, 4.69) is 5.32 Å². The Labute approximate surface area is 105 Å². The predicted octanol–water partition coefficient (Wildman–Crippen LogP) is 2.10. The van der Waals surface area contributed by atoms with E-state index in [4.69, 9.17) is 5.73 Å². The molecular weight excluding hydrogens is 228 g/mol. The fourth-order valence-corrected chi connectivity index (χ4v) is 1.58. The van der Waals surface area contributed by atoms with Gasteiger partial charge in [0.25, 0.3) is 5.91 Å². The highest BCUT2D eigenvalue weighted by Crippen LogP contribution is 2.16. The summed E-state index contributed by atoms with van der Waals surface area (Å²) in [6.45, 7) is 0.453. The van der Waals surface area contributed by atoms with Crippen molar-refractivity contribution in [2.45, 2.75) is 6.54 Å². The van der Waals surface area contributed by atoms with Gasteiger partial charge in [0.05, 0.1) is 0 Å². The van der Waals surface area contributed by atoms with Gasteiger partial charge in [-0.25, -0.2) is 0 Å². The Kier molecular flexibility index (Phi) is 3.60. The van der Waals surface area contributed by atoms with Crippen molar-refractivity contribution in [2.75, 3.05) is 5.32 Å². The highest BCUT2D eigenvalue weighted by molar-refractivity contribution is 6.04. The summed E-state index contributed by atoms with van der Waals surface area (Å²) in [5, 5.41) is 12.0. The average Bonchev–Trinajstić information content (AvgIpc) is 2.39. The molecule has 0 spiro atoms. The number of rotatable bonds is 3. The van der Waals surface area contributed by atoms with Crippen LogP contribution in [0.1, 0.15) is 15.9 Å². The number of nitrogens with one attached hydrogen (secondary N) is 1. The minimum atomic E-state index is -0.218. The molecule has 0 aromatic heterocycles. The molecule has 18 heavy (non-hydrogen) atoms. The smallest absolute Gasteiger partial charge is 0.255 e. The zero-order valence-electron chi connectivity index (χ0n) is 9.76. The van der Waals surface area contributed by atoms with Crippen LogP contribution in [0.4, 0.5) is 5.69 Å². The van der Waals surface area contributed by atoms with Gasteiger partial charge < -0.3 is 16.2 Å². The van der Waals surface area contributed by atoms with Crippen LogP contribution in [0.5, 0.6) is 5.75 Å². The lowest BCUT2D eigenvalue weighted by atomic mass is 10.1. The number of carbonyl (C=O) groups excluding carboxylic acids is 1. The zero-order chi connectivity index (χ0) is 13.0. The molecule has 0 atom stereocenters. The van der Waals surface area contributed by atoms with Gasteiger partial charge in [0.1, 0.15) is 5.75 Å². The number of hydrogen-bond acceptors (Lipinski definition) is 3. The Hall–Kier alpha value is -2.33. The molecule has 4 nitrogen and oxygen atoms in total. The molecule has 0 bridgehead atoms. The standard InChI is InChI=1S/C14H14N2O2/c15-9-10-4-6-11(7-5-10)14(18)16-12-2-1-3-13(17)8-12/h1-8,17H,9,15H2,(H,16,18). The van der Waals surface area contributed by atoms with Crippen LogP contribution in [0.25, 0.3) is 0 Å². The summed E-state index contributed by atoms with van der Waals surface area (Å²) in [6.07, 6.45) is 0. The minimum Gasteiger partial charge on any atom is -0.508 e. The number of carbonyl (C=O) groups is 1. The van der Waals surface area contributed by atoms with Crippen LogP contribution in [0.2, 0.25) is 0 Å². The maximum absolute atomic E-state index is 11.9. The SMILES string of the molecule is NCc1ccc(C(=O)Nc2cccc(O)c2)cc1. The van der Waals surface area contributed by atoms with Gasteiger partial charge in [-0.2, -0.15) is 0 Å². The topological polar surface area (TPSA) is 75.4 Å². The van der Waals surface area contributed by atoms with Crippen LogP contribution in [0.15, 0.2) is 48.5 Å². The van der Waals surface area contributed by atoms with Crippen molar-refractivity contribution in [2.24, 2.45) is 5.73 Å². The first kappa shape index (κ1) is 12.1. The molecule has 0 unspecified atom stereocenters. The molecule has 0 heterocycles. The van der Waals surface area contributed by atoms with Crippen LogP contribution >= 0.6 is 0 Å². The van der Waals surface area contributed by atoms with Gasteiger partial charge in [0.2, 0.25) is 0 Å². The maximum atomic E-state index is 11.9. The van der Waals surface area contributed by atoms with Gasteiger partial charge >= 0.3 is 0 Å². The van der Waals surface area contributed by atoms with Gasteiger partial charge in [0.15, 0.2) is 0 Å². The van der Waals surface area contributed by atoms with Crippen molar-refractivity contribution in [3.63, 3.8) is 0 Å². The molecular formula is C14H14N2O2. The molecule has 92 valence electrons. The lowest BCUT2D eigenvalue weighted by Crippen LogP contribution is -2.11. The van der Waals surface area contributed by atoms with Crippen molar-refractivity contribution >= 4 is 11.6 Å². The Bertz CT molecular complexity index is 550. The van der Waals surface area contributed by atoms with E-state index in [1.54, 1.807) is 30.3 Å². The Morgan fingerprint density at radius 2 is 1.89 bits per heavy atom. The third-order valence-electron chi connectivity index (χ3n) is 2.56. The number of anilines is 1. The Morgan fingerprint density at radius 3 is 2.50 bits per heavy atom. The first-order chi connectivity index (χ1) is 8.69. The summed E-state index contributed by atoms with van der Waals surface area (Å²) < 4.78 is 0. The third kappa shape index (κ3) is 2.87. The number of benzene rings is 2. The van der Waals surface area contributed by atoms with Crippen molar-refractivity contribution in [1.82, 2.24) is 0 Å². The Balaban J connectivity index is 2.11. The normalized spacial score (nSPS) is 10.1. The molecule has 0 saturated carbocycles. The predicted molar refractivity (Wildman–Crippen MR) is 70.4 cm³/mol. The third-order valence-corrected chi connectivity index (χ3v) is 2.56. The van der Waals surface area contributed by atoms with E-state index in [1.165, 1.54) is 6.07 Å². The van der Waals surface area contributed by atoms with Crippen LogP contribution in [-0.4, -0.2) is 11.0 Å². The number of nitrogens with two attached hydrogens (primary N) is 1. The molecule has 0 aliphatic rings. The zero-order valence-corrected chi connectivity index (χ0v) is 9.76. The summed E-state index contributed by atoms with van der Waals surface area (Å²) in [5.74, 6) is -0.101. The van der Waals surface area contributed by atoms with Crippen molar-refractivity contribution in [3.8, 4) is 5.75 Å². The van der Waals surface area contributed by atoms with E-state index >= 15 is 0 Å². The first-order valence-corrected chi connectivity index (χ1v) is 5.58. The van der Waals surface area contributed by atoms with Crippen molar-refractivity contribution in [1.29, 1.82) is 0 Å². The molecule has 2 rings (SSSR count). The number of aromatic hydroxyl groups is 1. The largest absolute Gasteiger partial charge is 0.508 e. The van der Waals surface area contributed by atoms with Crippen LogP contribution in [0, 0.1) is 0 Å². The number of phenols is 1. The van der Waals surface area contributed by atoms with Gasteiger partial charge in [-0.15, -0.1) is 0 Å². The molecule has 1 amide bonds. The van der Waals surface area contributed by atoms with Crippen LogP contribution < -0.4 is 11.1 Å². The summed E-state index contributed by atoms with van der Waals surface area (Å²) in [7, 11) is 0. The number of hydrogen-bond donors (Lipinski definition) is 3. The van der Waals surface area contributed by atoms with E-state index < -0.39 is 0 Å². The fourth-order valence-electron chi connectivity index (χ4n) is 1.58. The summed E-state index contributed by atoms with van der Waals surface area (Å²) in [4.78, 5) is 11.9. The Morgan fingerprint density at radius 1 is 1.17 bits per heavy atom. The van der Waals surface area contributed by atoms with E-state index in [0.717, 1.165) is 5.56 Å². The molecule has 2 aromatic rings. The highest BCUT2D eigenvalue weighted by Gasteiger charge is 2.05. The molecule has 0 aliphatic heterocycles. The summed E-state index contributed by atoms with van der Waals surface area (Å²) in [5.41, 5.74) is 7.57. The molecule has 0 saturated heterocycles. The lowest BCUT2D eigenvalue weighted by molar-refractivity contribution is 0.102. The van der Waals surface area contributed by atoms with Crippen molar-refractivity contribution in [3.05, 3.63) is 59.7 Å². The highest BCUT2D eigenvalue weighted by atomic mass is 16.3. The molecule has 0 aliphatic carbocycles. The molecule has 0 radical (unpaired) electrons. The van der Waals surface area contributed by atoms with Gasteiger partial charge in [0, 0.05) is 23.9 Å². The molecule has 2 aromatic carbocycles. The van der Waals surface area contributed by atoms with E-state index in [-0.39, 0.29) is 11.7 Å². The number of amides is 1. The van der Waals surface area contributed by atoms with E-state index in [0.29, 0.717) is 17.8 Å². The fraction of sp³-hybridized carbons (Fsp3) is 0.0714. The second kappa shape index (κ2) is 5.33. The van der Waals surface area contributed by atoms with E-state index in [1.807, 2.05) is 12.1 Å². The van der Waals surface area contributed by atoms with Gasteiger partial charge in [-0.3, -0.25) is 4.79 Å². The maximum Gasteiger partial charge on any atom is 0.255 e. The summed E-state index contributed by atoms with van der Waals surface area (Å²) in [6, 6.07) is 13.5. The monoisotopic (exact) mass is 242 g/mol. The molecule has 4 N–H and O–H groups in total. The molecule has 0 fully saturated rings. The number of phenolic OH excluding ortho intramolecular Hbond substituents is 1. The van der Waals surface area contributed by atoms with Crippen LogP contribution in [0.3, 0.4) is 0 Å².